The molecule has 1 amide bonds. The average molecular weight is 377 g/mol. The quantitative estimate of drug-likeness (QED) is 0.691. The first-order chi connectivity index (χ1) is 12.1. The third-order valence-electron chi connectivity index (χ3n) is 3.55. The number of ether oxygens (including phenoxy) is 1. The Hall–Kier alpha value is -2.50. The van der Waals surface area contributed by atoms with Crippen molar-refractivity contribution in [2.24, 2.45) is 0 Å². The maximum Gasteiger partial charge on any atom is 0.228 e. The number of rotatable bonds is 5. The number of methoxy groups -OCH3 is 1. The molecule has 3 rings (SSSR count). The van der Waals surface area contributed by atoms with Gasteiger partial charge in [-0.25, -0.2) is 4.98 Å². The number of anilines is 1. The first-order valence-electron chi connectivity index (χ1n) is 7.37. The van der Waals surface area contributed by atoms with Crippen LogP contribution in [0.4, 0.5) is 5.69 Å². The van der Waals surface area contributed by atoms with Crippen LogP contribution in [0, 0.1) is 0 Å². The van der Waals surface area contributed by atoms with Crippen molar-refractivity contribution in [1.29, 1.82) is 0 Å². The van der Waals surface area contributed by atoms with Crippen molar-refractivity contribution in [2.45, 2.75) is 6.42 Å². The Kier molecular flexibility index (Phi) is 5.26. The SMILES string of the molecule is COc1cc(NC(=O)Cc2ccc(Cl)cc2Cl)ccc1-c1cnco1. The fraction of sp³-hybridized carbons (Fsp3) is 0.111. The van der Waals surface area contributed by atoms with Crippen LogP contribution in [0.1, 0.15) is 5.56 Å². The summed E-state index contributed by atoms with van der Waals surface area (Å²) in [4.78, 5) is 16.2. The minimum absolute atomic E-state index is 0.141. The average Bonchev–Trinajstić information content (AvgIpc) is 3.11. The molecule has 128 valence electrons. The van der Waals surface area contributed by atoms with E-state index in [2.05, 4.69) is 10.3 Å². The Morgan fingerprint density at radius 3 is 2.76 bits per heavy atom. The summed E-state index contributed by atoms with van der Waals surface area (Å²) in [7, 11) is 1.55. The molecule has 0 radical (unpaired) electrons. The van der Waals surface area contributed by atoms with Crippen molar-refractivity contribution in [3.05, 3.63) is 64.6 Å². The lowest BCUT2D eigenvalue weighted by Crippen LogP contribution is -2.14. The molecule has 5 nitrogen and oxygen atoms in total. The summed E-state index contributed by atoms with van der Waals surface area (Å²) in [6, 6.07) is 10.3. The molecular formula is C18H14Cl2N2O3. The second-order valence-electron chi connectivity index (χ2n) is 5.24. The zero-order valence-electron chi connectivity index (χ0n) is 13.3. The Labute approximate surface area is 154 Å². The number of halogens is 2. The summed E-state index contributed by atoms with van der Waals surface area (Å²) in [6.07, 6.45) is 3.08. The zero-order chi connectivity index (χ0) is 17.8. The topological polar surface area (TPSA) is 64.4 Å². The van der Waals surface area contributed by atoms with E-state index in [-0.39, 0.29) is 12.3 Å². The van der Waals surface area contributed by atoms with E-state index in [1.54, 1.807) is 49.7 Å². The summed E-state index contributed by atoms with van der Waals surface area (Å²) >= 11 is 12.0. The number of hydrogen-bond acceptors (Lipinski definition) is 4. The molecule has 7 heteroatoms. The van der Waals surface area contributed by atoms with E-state index >= 15 is 0 Å². The Morgan fingerprint density at radius 2 is 2.08 bits per heavy atom. The molecule has 0 bridgehead atoms. The fourth-order valence-electron chi connectivity index (χ4n) is 2.36. The smallest absolute Gasteiger partial charge is 0.228 e. The van der Waals surface area contributed by atoms with E-state index < -0.39 is 0 Å². The van der Waals surface area contributed by atoms with Crippen LogP contribution in [0.2, 0.25) is 10.0 Å². The van der Waals surface area contributed by atoms with Crippen LogP contribution < -0.4 is 10.1 Å². The third kappa shape index (κ3) is 4.13. The van der Waals surface area contributed by atoms with Gasteiger partial charge in [0.2, 0.25) is 5.91 Å². The predicted octanol–water partition coefficient (Wildman–Crippen LogP) is 4.84. The molecule has 0 spiro atoms. The molecule has 0 aliphatic carbocycles. The highest BCUT2D eigenvalue weighted by Gasteiger charge is 2.12. The number of oxazole rings is 1. The number of aromatic nitrogens is 1. The maximum absolute atomic E-state index is 12.3. The molecule has 0 saturated heterocycles. The summed E-state index contributed by atoms with van der Waals surface area (Å²) in [6.45, 7) is 0. The zero-order valence-corrected chi connectivity index (χ0v) is 14.8. The standard InChI is InChI=1S/C18H14Cl2N2O3/c1-24-16-8-13(4-5-14(16)17-9-21-10-25-17)22-18(23)6-11-2-3-12(19)7-15(11)20/h2-5,7-10H,6H2,1H3,(H,22,23). The monoisotopic (exact) mass is 376 g/mol. The molecule has 1 N–H and O–H groups in total. The van der Waals surface area contributed by atoms with Gasteiger partial charge >= 0.3 is 0 Å². The van der Waals surface area contributed by atoms with E-state index in [0.29, 0.717) is 32.8 Å². The molecule has 0 unspecified atom stereocenters. The van der Waals surface area contributed by atoms with Gasteiger partial charge in [-0.05, 0) is 29.8 Å². The predicted molar refractivity (Wildman–Crippen MR) is 97.3 cm³/mol. The van der Waals surface area contributed by atoms with E-state index in [9.17, 15) is 4.79 Å². The molecule has 0 aliphatic rings. The minimum atomic E-state index is -0.196. The molecule has 25 heavy (non-hydrogen) atoms. The number of hydrogen-bond donors (Lipinski definition) is 1. The molecule has 0 aliphatic heterocycles. The van der Waals surface area contributed by atoms with Crippen LogP contribution in [0.3, 0.4) is 0 Å². The van der Waals surface area contributed by atoms with Gasteiger partial charge in [-0.3, -0.25) is 4.79 Å². The highest BCUT2D eigenvalue weighted by Crippen LogP contribution is 2.32. The van der Waals surface area contributed by atoms with Crippen LogP contribution in [0.25, 0.3) is 11.3 Å². The maximum atomic E-state index is 12.3. The number of carbonyl (C=O) groups excluding carboxylic acids is 1. The van der Waals surface area contributed by atoms with Gasteiger partial charge in [0.25, 0.3) is 0 Å². The number of carbonyl (C=O) groups is 1. The Bertz CT molecular complexity index is 895. The van der Waals surface area contributed by atoms with Gasteiger partial charge in [0.15, 0.2) is 12.2 Å². The van der Waals surface area contributed by atoms with Crippen LogP contribution in [0.5, 0.6) is 5.75 Å². The van der Waals surface area contributed by atoms with Gasteiger partial charge in [-0.1, -0.05) is 29.3 Å². The van der Waals surface area contributed by atoms with Gasteiger partial charge in [0.05, 0.1) is 25.3 Å². The van der Waals surface area contributed by atoms with Crippen molar-refractivity contribution < 1.29 is 13.9 Å². The van der Waals surface area contributed by atoms with Crippen molar-refractivity contribution in [3.8, 4) is 17.1 Å². The Balaban J connectivity index is 1.75. The first kappa shape index (κ1) is 17.3. The number of amides is 1. The highest BCUT2D eigenvalue weighted by molar-refractivity contribution is 6.35. The van der Waals surface area contributed by atoms with Gasteiger partial charge in [-0.2, -0.15) is 0 Å². The van der Waals surface area contributed by atoms with Gasteiger partial charge in [0.1, 0.15) is 5.75 Å². The Morgan fingerprint density at radius 1 is 1.24 bits per heavy atom. The van der Waals surface area contributed by atoms with Crippen molar-refractivity contribution in [1.82, 2.24) is 4.98 Å². The van der Waals surface area contributed by atoms with Crippen LogP contribution in [0.15, 0.2) is 53.4 Å². The third-order valence-corrected chi connectivity index (χ3v) is 4.14. The first-order valence-corrected chi connectivity index (χ1v) is 8.13. The van der Waals surface area contributed by atoms with Gasteiger partial charge < -0.3 is 14.5 Å². The van der Waals surface area contributed by atoms with Crippen molar-refractivity contribution in [3.63, 3.8) is 0 Å². The van der Waals surface area contributed by atoms with Gasteiger partial charge in [0, 0.05) is 21.8 Å². The van der Waals surface area contributed by atoms with E-state index in [0.717, 1.165) is 5.56 Å². The summed E-state index contributed by atoms with van der Waals surface area (Å²) < 4.78 is 10.6. The summed E-state index contributed by atoms with van der Waals surface area (Å²) in [5.74, 6) is 0.959. The normalized spacial score (nSPS) is 10.5. The lowest BCUT2D eigenvalue weighted by atomic mass is 10.1. The fourth-order valence-corrected chi connectivity index (χ4v) is 2.84. The van der Waals surface area contributed by atoms with Crippen LogP contribution in [-0.2, 0) is 11.2 Å². The van der Waals surface area contributed by atoms with Crippen LogP contribution >= 0.6 is 23.2 Å². The highest BCUT2D eigenvalue weighted by atomic mass is 35.5. The molecule has 1 aromatic heterocycles. The molecular weight excluding hydrogens is 363 g/mol. The molecule has 0 atom stereocenters. The molecule has 0 saturated carbocycles. The lowest BCUT2D eigenvalue weighted by molar-refractivity contribution is -0.115. The van der Waals surface area contributed by atoms with Gasteiger partial charge in [-0.15, -0.1) is 0 Å². The number of nitrogens with one attached hydrogen (secondary N) is 1. The van der Waals surface area contributed by atoms with E-state index in [1.165, 1.54) is 6.39 Å². The number of nitrogens with zero attached hydrogens (tertiary/aromatic N) is 1. The minimum Gasteiger partial charge on any atom is -0.496 e. The second-order valence-corrected chi connectivity index (χ2v) is 6.09. The van der Waals surface area contributed by atoms with E-state index in [4.69, 9.17) is 32.4 Å². The molecule has 2 aromatic carbocycles. The van der Waals surface area contributed by atoms with E-state index in [1.807, 2.05) is 0 Å². The summed E-state index contributed by atoms with van der Waals surface area (Å²) in [5.41, 5.74) is 2.06. The largest absolute Gasteiger partial charge is 0.496 e. The molecule has 1 heterocycles. The number of benzene rings is 2. The van der Waals surface area contributed by atoms with Crippen molar-refractivity contribution >= 4 is 34.8 Å². The van der Waals surface area contributed by atoms with Crippen molar-refractivity contribution in [2.75, 3.05) is 12.4 Å². The molecule has 3 aromatic rings. The summed E-state index contributed by atoms with van der Waals surface area (Å²) in [5, 5.41) is 3.81. The second kappa shape index (κ2) is 7.59. The molecule has 0 fully saturated rings. The van der Waals surface area contributed by atoms with Crippen LogP contribution in [-0.4, -0.2) is 18.0 Å². The lowest BCUT2D eigenvalue weighted by Gasteiger charge is -2.11.